The van der Waals surface area contributed by atoms with E-state index in [1.54, 1.807) is 11.4 Å². The summed E-state index contributed by atoms with van der Waals surface area (Å²) >= 11 is 1.45. The lowest BCUT2D eigenvalue weighted by atomic mass is 10.2. The molecular formula is C11H17NO3S. The Balaban J connectivity index is 2.33. The highest BCUT2D eigenvalue weighted by atomic mass is 32.1. The van der Waals surface area contributed by atoms with E-state index in [0.717, 1.165) is 17.7 Å². The largest absolute Gasteiger partial charge is 0.478 e. The van der Waals surface area contributed by atoms with Crippen LogP contribution < -0.4 is 5.32 Å². The third kappa shape index (κ3) is 4.30. The maximum Gasteiger partial charge on any atom is 0.336 e. The first kappa shape index (κ1) is 13.2. The van der Waals surface area contributed by atoms with Crippen LogP contribution in [-0.4, -0.2) is 28.8 Å². The van der Waals surface area contributed by atoms with Crippen LogP contribution in [-0.2, 0) is 6.54 Å². The van der Waals surface area contributed by atoms with E-state index in [-0.39, 0.29) is 6.61 Å². The summed E-state index contributed by atoms with van der Waals surface area (Å²) in [7, 11) is 0. The molecule has 0 aliphatic heterocycles. The lowest BCUT2D eigenvalue weighted by molar-refractivity contribution is 0.0697. The number of carbonyl (C=O) groups is 1. The van der Waals surface area contributed by atoms with Crippen LogP contribution in [0.3, 0.4) is 0 Å². The molecule has 0 saturated carbocycles. The van der Waals surface area contributed by atoms with Crippen LogP contribution in [0.15, 0.2) is 11.4 Å². The number of hydrogen-bond acceptors (Lipinski definition) is 4. The molecule has 0 aromatic carbocycles. The van der Waals surface area contributed by atoms with Crippen LogP contribution in [0.5, 0.6) is 0 Å². The number of aliphatic hydroxyl groups is 1. The molecule has 0 aliphatic rings. The molecule has 0 radical (unpaired) electrons. The van der Waals surface area contributed by atoms with E-state index in [9.17, 15) is 4.79 Å². The van der Waals surface area contributed by atoms with Crippen LogP contribution in [0, 0.1) is 0 Å². The molecule has 1 unspecified atom stereocenters. The summed E-state index contributed by atoms with van der Waals surface area (Å²) in [5.41, 5.74) is 0.352. The van der Waals surface area contributed by atoms with Crippen LogP contribution >= 0.6 is 11.3 Å². The standard InChI is InChI=1S/C11H17NO3S/c1-8(3-2-4-13)12-6-10-5-9(7-16-10)11(14)15/h5,7-8,12-13H,2-4,6H2,1H3,(H,14,15). The normalized spacial score (nSPS) is 12.6. The van der Waals surface area contributed by atoms with Gasteiger partial charge in [-0.05, 0) is 25.8 Å². The average Bonchev–Trinajstić information content (AvgIpc) is 2.72. The predicted octanol–water partition coefficient (Wildman–Crippen LogP) is 1.70. The van der Waals surface area contributed by atoms with Crippen molar-refractivity contribution < 1.29 is 15.0 Å². The van der Waals surface area contributed by atoms with Crippen molar-refractivity contribution in [3.05, 3.63) is 21.9 Å². The zero-order valence-electron chi connectivity index (χ0n) is 9.27. The van der Waals surface area contributed by atoms with Gasteiger partial charge in [-0.3, -0.25) is 0 Å². The van der Waals surface area contributed by atoms with Crippen molar-refractivity contribution >= 4 is 17.3 Å². The van der Waals surface area contributed by atoms with Gasteiger partial charge in [0.1, 0.15) is 0 Å². The van der Waals surface area contributed by atoms with E-state index in [0.29, 0.717) is 18.2 Å². The third-order valence-corrected chi connectivity index (χ3v) is 3.26. The van der Waals surface area contributed by atoms with Crippen molar-refractivity contribution in [1.29, 1.82) is 0 Å². The molecule has 4 nitrogen and oxygen atoms in total. The van der Waals surface area contributed by atoms with Gasteiger partial charge in [0.25, 0.3) is 0 Å². The summed E-state index contributed by atoms with van der Waals surface area (Å²) in [6.45, 7) is 2.96. The van der Waals surface area contributed by atoms with Gasteiger partial charge in [0.2, 0.25) is 0 Å². The summed E-state index contributed by atoms with van der Waals surface area (Å²) in [4.78, 5) is 11.7. The van der Waals surface area contributed by atoms with Gasteiger partial charge in [-0.1, -0.05) is 0 Å². The van der Waals surface area contributed by atoms with Crippen LogP contribution in [0.25, 0.3) is 0 Å². The summed E-state index contributed by atoms with van der Waals surface area (Å²) in [5, 5.41) is 22.4. The number of hydrogen-bond donors (Lipinski definition) is 3. The molecule has 1 atom stereocenters. The number of aliphatic hydroxyl groups excluding tert-OH is 1. The van der Waals surface area contributed by atoms with E-state index in [1.807, 2.05) is 0 Å². The van der Waals surface area contributed by atoms with Crippen molar-refractivity contribution in [1.82, 2.24) is 5.32 Å². The van der Waals surface area contributed by atoms with Crippen molar-refractivity contribution in [2.75, 3.05) is 6.61 Å². The third-order valence-electron chi connectivity index (χ3n) is 2.32. The minimum absolute atomic E-state index is 0.216. The highest BCUT2D eigenvalue weighted by Gasteiger charge is 2.07. The van der Waals surface area contributed by atoms with Gasteiger partial charge in [-0.25, -0.2) is 4.79 Å². The quantitative estimate of drug-likeness (QED) is 0.681. The first-order valence-electron chi connectivity index (χ1n) is 5.28. The molecule has 90 valence electrons. The highest BCUT2D eigenvalue weighted by molar-refractivity contribution is 7.10. The molecular weight excluding hydrogens is 226 g/mol. The molecule has 5 heteroatoms. The minimum Gasteiger partial charge on any atom is -0.478 e. The summed E-state index contributed by atoms with van der Waals surface area (Å²) < 4.78 is 0. The Labute approximate surface area is 98.9 Å². The second-order valence-electron chi connectivity index (χ2n) is 3.75. The highest BCUT2D eigenvalue weighted by Crippen LogP contribution is 2.14. The lowest BCUT2D eigenvalue weighted by Gasteiger charge is -2.11. The molecule has 0 aliphatic carbocycles. The number of thiophene rings is 1. The van der Waals surface area contributed by atoms with Crippen LogP contribution in [0.2, 0.25) is 0 Å². The van der Waals surface area contributed by atoms with Crippen LogP contribution in [0.1, 0.15) is 35.0 Å². The van der Waals surface area contributed by atoms with Crippen LogP contribution in [0.4, 0.5) is 0 Å². The molecule has 16 heavy (non-hydrogen) atoms. The first-order valence-corrected chi connectivity index (χ1v) is 6.16. The van der Waals surface area contributed by atoms with E-state index in [4.69, 9.17) is 10.2 Å². The fraction of sp³-hybridized carbons (Fsp3) is 0.545. The molecule has 1 heterocycles. The molecule has 1 aromatic rings. The predicted molar refractivity (Wildman–Crippen MR) is 63.9 cm³/mol. The molecule has 0 fully saturated rings. The average molecular weight is 243 g/mol. The van der Waals surface area contributed by atoms with E-state index in [1.165, 1.54) is 11.3 Å². The second kappa shape index (κ2) is 6.62. The Morgan fingerprint density at radius 1 is 1.62 bits per heavy atom. The van der Waals surface area contributed by atoms with E-state index in [2.05, 4.69) is 12.2 Å². The minimum atomic E-state index is -0.879. The van der Waals surface area contributed by atoms with Crippen molar-refractivity contribution in [2.24, 2.45) is 0 Å². The summed E-state index contributed by atoms with van der Waals surface area (Å²) in [6, 6.07) is 2.03. The lowest BCUT2D eigenvalue weighted by Crippen LogP contribution is -2.25. The van der Waals surface area contributed by atoms with Gasteiger partial charge in [0.05, 0.1) is 5.56 Å². The Morgan fingerprint density at radius 3 is 2.94 bits per heavy atom. The van der Waals surface area contributed by atoms with Gasteiger partial charge in [-0.15, -0.1) is 11.3 Å². The van der Waals surface area contributed by atoms with Crippen molar-refractivity contribution in [2.45, 2.75) is 32.4 Å². The molecule has 1 rings (SSSR count). The van der Waals surface area contributed by atoms with E-state index >= 15 is 0 Å². The topological polar surface area (TPSA) is 69.6 Å². The zero-order valence-corrected chi connectivity index (χ0v) is 10.1. The molecule has 3 N–H and O–H groups in total. The fourth-order valence-electron chi connectivity index (χ4n) is 1.36. The molecule has 0 saturated heterocycles. The Kier molecular flexibility index (Phi) is 5.45. The Hall–Kier alpha value is -0.910. The van der Waals surface area contributed by atoms with Gasteiger partial charge < -0.3 is 15.5 Å². The Bertz CT molecular complexity index is 338. The van der Waals surface area contributed by atoms with Crippen molar-refractivity contribution in [3.63, 3.8) is 0 Å². The number of nitrogens with one attached hydrogen (secondary N) is 1. The monoisotopic (exact) mass is 243 g/mol. The van der Waals surface area contributed by atoms with Gasteiger partial charge >= 0.3 is 5.97 Å². The summed E-state index contributed by atoms with van der Waals surface area (Å²) in [6.07, 6.45) is 1.71. The maximum atomic E-state index is 10.7. The maximum absolute atomic E-state index is 10.7. The van der Waals surface area contributed by atoms with Gasteiger partial charge in [0, 0.05) is 29.5 Å². The molecule has 1 aromatic heterocycles. The molecule has 0 amide bonds. The molecule has 0 bridgehead atoms. The van der Waals surface area contributed by atoms with Crippen molar-refractivity contribution in [3.8, 4) is 0 Å². The smallest absolute Gasteiger partial charge is 0.336 e. The zero-order chi connectivity index (χ0) is 12.0. The van der Waals surface area contributed by atoms with Gasteiger partial charge in [0.15, 0.2) is 0 Å². The number of rotatable bonds is 7. The number of carboxylic acid groups (broad SMARTS) is 1. The molecule has 0 spiro atoms. The summed E-state index contributed by atoms with van der Waals surface area (Å²) in [5.74, 6) is -0.879. The Morgan fingerprint density at radius 2 is 2.38 bits per heavy atom. The van der Waals surface area contributed by atoms with E-state index < -0.39 is 5.97 Å². The number of aromatic carboxylic acids is 1. The number of carboxylic acids is 1. The SMILES string of the molecule is CC(CCCO)NCc1cc(C(=O)O)cs1. The fourth-order valence-corrected chi connectivity index (χ4v) is 2.17. The van der Waals surface area contributed by atoms with Gasteiger partial charge in [-0.2, -0.15) is 0 Å². The second-order valence-corrected chi connectivity index (χ2v) is 4.75. The first-order chi connectivity index (χ1) is 7.63.